The van der Waals surface area contributed by atoms with Crippen LogP contribution in [0.3, 0.4) is 0 Å². The number of nitrogens with zero attached hydrogens (tertiary/aromatic N) is 1. The van der Waals surface area contributed by atoms with Gasteiger partial charge in [0.1, 0.15) is 0 Å². The maximum Gasteiger partial charge on any atom is 0.414 e. The zero-order chi connectivity index (χ0) is 9.68. The predicted molar refractivity (Wildman–Crippen MR) is 54.4 cm³/mol. The average molecular weight is 199 g/mol. The lowest BCUT2D eigenvalue weighted by Crippen LogP contribution is -2.30. The van der Waals surface area contributed by atoms with Crippen LogP contribution in [0, 0.1) is 0 Å². The molecule has 0 bridgehead atoms. The van der Waals surface area contributed by atoms with Crippen LogP contribution in [0.4, 0.5) is 10.5 Å². The molecule has 0 spiro atoms. The first-order valence-corrected chi connectivity index (χ1v) is 5.20. The number of thiophene rings is 1. The monoisotopic (exact) mass is 199 g/mol. The number of anilines is 1. The highest BCUT2D eigenvalue weighted by Gasteiger charge is 2.14. The fourth-order valence-electron chi connectivity index (χ4n) is 1.03. The van der Waals surface area contributed by atoms with Crippen LogP contribution in [0.25, 0.3) is 0 Å². The van der Waals surface area contributed by atoms with Crippen LogP contribution in [0.2, 0.25) is 0 Å². The van der Waals surface area contributed by atoms with E-state index in [2.05, 4.69) is 0 Å². The van der Waals surface area contributed by atoms with Gasteiger partial charge in [-0.15, -0.1) is 0 Å². The van der Waals surface area contributed by atoms with E-state index >= 15 is 0 Å². The maximum atomic E-state index is 11.4. The molecule has 13 heavy (non-hydrogen) atoms. The number of carbonyl (C=O) groups excluding carboxylic acids is 1. The van der Waals surface area contributed by atoms with E-state index in [4.69, 9.17) is 4.74 Å². The fraction of sp³-hybridized carbons (Fsp3) is 0.444. The second-order valence-corrected chi connectivity index (χ2v) is 3.20. The highest BCUT2D eigenvalue weighted by Crippen LogP contribution is 2.18. The maximum absolute atomic E-state index is 11.4. The molecule has 0 N–H and O–H groups in total. The normalized spacial score (nSPS) is 9.69. The van der Waals surface area contributed by atoms with Gasteiger partial charge in [-0.1, -0.05) is 0 Å². The molecule has 0 aliphatic carbocycles. The van der Waals surface area contributed by atoms with Gasteiger partial charge >= 0.3 is 6.09 Å². The highest BCUT2D eigenvalue weighted by molar-refractivity contribution is 7.08. The minimum Gasteiger partial charge on any atom is -0.449 e. The van der Waals surface area contributed by atoms with Crippen molar-refractivity contribution < 1.29 is 9.53 Å². The van der Waals surface area contributed by atoms with Gasteiger partial charge in [0.25, 0.3) is 0 Å². The molecule has 1 rings (SSSR count). The molecule has 0 aromatic carbocycles. The zero-order valence-corrected chi connectivity index (χ0v) is 8.63. The molecule has 1 aromatic heterocycles. The Kier molecular flexibility index (Phi) is 3.76. The Labute approximate surface area is 81.9 Å². The molecule has 0 saturated carbocycles. The predicted octanol–water partition coefficient (Wildman–Crippen LogP) is 2.73. The van der Waals surface area contributed by atoms with Gasteiger partial charge < -0.3 is 4.74 Å². The molecule has 0 radical (unpaired) electrons. The van der Waals surface area contributed by atoms with Crippen molar-refractivity contribution in [1.29, 1.82) is 0 Å². The van der Waals surface area contributed by atoms with Crippen molar-refractivity contribution in [2.45, 2.75) is 13.8 Å². The number of carbonyl (C=O) groups is 1. The summed E-state index contributed by atoms with van der Waals surface area (Å²) in [5.74, 6) is 0. The van der Waals surface area contributed by atoms with Gasteiger partial charge in [0.05, 0.1) is 12.3 Å². The summed E-state index contributed by atoms with van der Waals surface area (Å²) in [7, 11) is 0. The van der Waals surface area contributed by atoms with Crippen LogP contribution in [-0.2, 0) is 4.74 Å². The summed E-state index contributed by atoms with van der Waals surface area (Å²) in [4.78, 5) is 13.0. The Morgan fingerprint density at radius 2 is 2.38 bits per heavy atom. The molecule has 4 heteroatoms. The molecule has 1 aromatic rings. The van der Waals surface area contributed by atoms with Crippen molar-refractivity contribution >= 4 is 23.1 Å². The number of amides is 1. The summed E-state index contributed by atoms with van der Waals surface area (Å²) in [6.45, 7) is 4.78. The molecule has 72 valence electrons. The van der Waals surface area contributed by atoms with Crippen molar-refractivity contribution in [2.75, 3.05) is 18.1 Å². The lowest BCUT2D eigenvalue weighted by atomic mass is 10.4. The molecule has 0 aliphatic rings. The van der Waals surface area contributed by atoms with E-state index in [0.717, 1.165) is 5.69 Å². The van der Waals surface area contributed by atoms with E-state index in [1.54, 1.807) is 23.2 Å². The van der Waals surface area contributed by atoms with E-state index < -0.39 is 0 Å². The minimum atomic E-state index is -0.275. The molecule has 1 heterocycles. The standard InChI is InChI=1S/C9H13NO2S/c1-3-10(9(11)12-4-2)8-5-6-13-7-8/h5-7H,3-4H2,1-2H3. The van der Waals surface area contributed by atoms with Crippen LogP contribution >= 0.6 is 11.3 Å². The van der Waals surface area contributed by atoms with Gasteiger partial charge in [-0.2, -0.15) is 11.3 Å². The summed E-state index contributed by atoms with van der Waals surface area (Å²) in [5, 5.41) is 3.87. The van der Waals surface area contributed by atoms with Gasteiger partial charge in [-0.25, -0.2) is 4.79 Å². The van der Waals surface area contributed by atoms with Gasteiger partial charge in [0, 0.05) is 11.9 Å². The van der Waals surface area contributed by atoms with Crippen molar-refractivity contribution in [3.8, 4) is 0 Å². The third-order valence-electron chi connectivity index (χ3n) is 1.62. The van der Waals surface area contributed by atoms with E-state index in [0.29, 0.717) is 13.2 Å². The van der Waals surface area contributed by atoms with Crippen LogP contribution in [0.1, 0.15) is 13.8 Å². The Bertz CT molecular complexity index is 259. The zero-order valence-electron chi connectivity index (χ0n) is 7.82. The molecule has 0 atom stereocenters. The molecule has 0 fully saturated rings. The topological polar surface area (TPSA) is 29.5 Å². The van der Waals surface area contributed by atoms with Crippen molar-refractivity contribution in [2.24, 2.45) is 0 Å². The molecule has 0 unspecified atom stereocenters. The van der Waals surface area contributed by atoms with Crippen LogP contribution in [0.15, 0.2) is 16.8 Å². The second kappa shape index (κ2) is 4.87. The number of ether oxygens (including phenoxy) is 1. The average Bonchev–Trinajstić information content (AvgIpc) is 2.59. The lowest BCUT2D eigenvalue weighted by Gasteiger charge is -2.18. The smallest absolute Gasteiger partial charge is 0.414 e. The first-order chi connectivity index (χ1) is 6.29. The molecule has 3 nitrogen and oxygen atoms in total. The summed E-state index contributed by atoms with van der Waals surface area (Å²) in [5.41, 5.74) is 0.908. The Morgan fingerprint density at radius 1 is 1.62 bits per heavy atom. The van der Waals surface area contributed by atoms with Gasteiger partial charge in [0.15, 0.2) is 0 Å². The highest BCUT2D eigenvalue weighted by atomic mass is 32.1. The number of hydrogen-bond acceptors (Lipinski definition) is 3. The Hall–Kier alpha value is -1.03. The summed E-state index contributed by atoms with van der Waals surface area (Å²) >= 11 is 1.57. The van der Waals surface area contributed by atoms with Gasteiger partial charge in [-0.05, 0) is 25.3 Å². The van der Waals surface area contributed by atoms with E-state index in [1.165, 1.54) is 0 Å². The Balaban J connectivity index is 2.68. The first kappa shape index (κ1) is 10.1. The van der Waals surface area contributed by atoms with Crippen LogP contribution in [-0.4, -0.2) is 19.2 Å². The quantitative estimate of drug-likeness (QED) is 0.749. The van der Waals surface area contributed by atoms with Crippen LogP contribution in [0.5, 0.6) is 0 Å². The second-order valence-electron chi connectivity index (χ2n) is 2.42. The fourth-order valence-corrected chi connectivity index (χ4v) is 1.67. The molecular formula is C9H13NO2S. The van der Waals surface area contributed by atoms with Gasteiger partial charge in [0.2, 0.25) is 0 Å². The summed E-state index contributed by atoms with van der Waals surface area (Å²) < 4.78 is 4.91. The van der Waals surface area contributed by atoms with Gasteiger partial charge in [-0.3, -0.25) is 4.90 Å². The van der Waals surface area contributed by atoms with Crippen LogP contribution < -0.4 is 4.90 Å². The van der Waals surface area contributed by atoms with Crippen molar-refractivity contribution in [3.63, 3.8) is 0 Å². The molecule has 1 amide bonds. The van der Waals surface area contributed by atoms with E-state index in [-0.39, 0.29) is 6.09 Å². The summed E-state index contributed by atoms with van der Waals surface area (Å²) in [6, 6.07) is 1.91. The van der Waals surface area contributed by atoms with Crippen molar-refractivity contribution in [3.05, 3.63) is 16.8 Å². The van der Waals surface area contributed by atoms with E-state index in [9.17, 15) is 4.79 Å². The third-order valence-corrected chi connectivity index (χ3v) is 2.29. The first-order valence-electron chi connectivity index (χ1n) is 4.26. The largest absolute Gasteiger partial charge is 0.449 e. The number of rotatable bonds is 3. The molecular weight excluding hydrogens is 186 g/mol. The summed E-state index contributed by atoms with van der Waals surface area (Å²) in [6.07, 6.45) is -0.275. The lowest BCUT2D eigenvalue weighted by molar-refractivity contribution is 0.160. The molecule has 0 aliphatic heterocycles. The molecule has 0 saturated heterocycles. The van der Waals surface area contributed by atoms with E-state index in [1.807, 2.05) is 23.8 Å². The Morgan fingerprint density at radius 3 is 2.85 bits per heavy atom. The third kappa shape index (κ3) is 2.45. The minimum absolute atomic E-state index is 0.275. The number of hydrogen-bond donors (Lipinski definition) is 0. The SMILES string of the molecule is CCOC(=O)N(CC)c1ccsc1. The van der Waals surface area contributed by atoms with Crippen molar-refractivity contribution in [1.82, 2.24) is 0 Å².